The molecule has 0 bridgehead atoms. The van der Waals surface area contributed by atoms with Gasteiger partial charge in [0.05, 0.1) is 39.8 Å². The second-order valence-electron chi connectivity index (χ2n) is 9.46. The van der Waals surface area contributed by atoms with Crippen LogP contribution in [0.1, 0.15) is 49.3 Å². The molecule has 0 aliphatic carbocycles. The van der Waals surface area contributed by atoms with E-state index in [9.17, 15) is 9.59 Å². The van der Waals surface area contributed by atoms with Crippen molar-refractivity contribution in [3.05, 3.63) is 113 Å². The summed E-state index contributed by atoms with van der Waals surface area (Å²) in [6.45, 7) is 9.40. The average molecular weight is 547 g/mol. The molecule has 1 aromatic carbocycles. The van der Waals surface area contributed by atoms with E-state index in [4.69, 9.17) is 16.3 Å². The van der Waals surface area contributed by atoms with Gasteiger partial charge in [0.15, 0.2) is 4.80 Å². The van der Waals surface area contributed by atoms with Crippen molar-refractivity contribution >= 4 is 35.0 Å². The first-order chi connectivity index (χ1) is 18.2. The molecular formula is C29H27ClN4O3S. The minimum Gasteiger partial charge on any atom is -0.459 e. The largest absolute Gasteiger partial charge is 0.459 e. The summed E-state index contributed by atoms with van der Waals surface area (Å²) >= 11 is 7.45. The highest BCUT2D eigenvalue weighted by atomic mass is 35.5. The van der Waals surface area contributed by atoms with Crippen molar-refractivity contribution in [2.75, 3.05) is 0 Å². The van der Waals surface area contributed by atoms with Gasteiger partial charge >= 0.3 is 5.97 Å². The van der Waals surface area contributed by atoms with Crippen LogP contribution in [0.15, 0.2) is 75.9 Å². The van der Waals surface area contributed by atoms with Crippen molar-refractivity contribution < 1.29 is 9.53 Å². The van der Waals surface area contributed by atoms with E-state index in [1.54, 1.807) is 43.7 Å². The number of esters is 1. The summed E-state index contributed by atoms with van der Waals surface area (Å²) in [6.07, 6.45) is 5.13. The Hall–Kier alpha value is -3.75. The highest BCUT2D eigenvalue weighted by molar-refractivity contribution is 7.07. The summed E-state index contributed by atoms with van der Waals surface area (Å²) in [4.78, 5) is 36.5. The molecule has 3 aromatic heterocycles. The first kappa shape index (κ1) is 25.9. The Morgan fingerprint density at radius 2 is 1.89 bits per heavy atom. The lowest BCUT2D eigenvalue weighted by molar-refractivity contribution is -0.143. The first-order valence-electron chi connectivity index (χ1n) is 12.2. The zero-order chi connectivity index (χ0) is 27.1. The van der Waals surface area contributed by atoms with Crippen LogP contribution in [0.2, 0.25) is 5.02 Å². The Morgan fingerprint density at radius 1 is 1.16 bits per heavy atom. The highest BCUT2D eigenvalue weighted by Gasteiger charge is 2.33. The summed E-state index contributed by atoms with van der Waals surface area (Å²) in [6, 6.07) is 12.4. The fourth-order valence-electron chi connectivity index (χ4n) is 4.78. The first-order valence-corrected chi connectivity index (χ1v) is 13.4. The molecule has 0 saturated heterocycles. The molecule has 194 valence electrons. The highest BCUT2D eigenvalue weighted by Crippen LogP contribution is 2.31. The number of halogens is 1. The lowest BCUT2D eigenvalue weighted by Gasteiger charge is -2.25. The van der Waals surface area contributed by atoms with Gasteiger partial charge in [0.25, 0.3) is 5.56 Å². The van der Waals surface area contributed by atoms with E-state index in [1.165, 1.54) is 11.3 Å². The molecule has 0 radical (unpaired) electrons. The molecule has 0 N–H and O–H groups in total. The van der Waals surface area contributed by atoms with Crippen LogP contribution in [0.5, 0.6) is 0 Å². The van der Waals surface area contributed by atoms with Crippen molar-refractivity contribution in [2.24, 2.45) is 4.99 Å². The number of carbonyl (C=O) groups excluding carboxylic acids is 1. The number of hydrogen-bond donors (Lipinski definition) is 0. The maximum atomic E-state index is 13.9. The van der Waals surface area contributed by atoms with Gasteiger partial charge in [0, 0.05) is 22.6 Å². The molecule has 0 fully saturated rings. The predicted molar refractivity (Wildman–Crippen MR) is 149 cm³/mol. The van der Waals surface area contributed by atoms with E-state index >= 15 is 0 Å². The van der Waals surface area contributed by atoms with Crippen LogP contribution < -0.4 is 14.9 Å². The number of hydrogen-bond acceptors (Lipinski definition) is 6. The van der Waals surface area contributed by atoms with Gasteiger partial charge in [0.1, 0.15) is 0 Å². The SMILES string of the molecule is CC1=C(C(=O)OC(C)C)[C@@H](c2ccc(Cl)cc2)n2c(sc(=Cc3cc(C)n(-c4cccnc4)c3C)c2=O)=N1. The summed E-state index contributed by atoms with van der Waals surface area (Å²) < 4.78 is 9.78. The van der Waals surface area contributed by atoms with Crippen LogP contribution in [0, 0.1) is 13.8 Å². The topological polar surface area (TPSA) is 78.5 Å². The molecule has 7 nitrogen and oxygen atoms in total. The molecule has 1 atom stereocenters. The molecule has 0 amide bonds. The molecule has 4 aromatic rings. The normalized spacial score (nSPS) is 15.6. The molecule has 4 heterocycles. The van der Waals surface area contributed by atoms with Crippen LogP contribution in [0.4, 0.5) is 0 Å². The van der Waals surface area contributed by atoms with Gasteiger partial charge in [-0.3, -0.25) is 14.3 Å². The number of rotatable bonds is 5. The van der Waals surface area contributed by atoms with E-state index in [1.807, 2.05) is 56.5 Å². The fourth-order valence-corrected chi connectivity index (χ4v) is 5.94. The minimum absolute atomic E-state index is 0.220. The lowest BCUT2D eigenvalue weighted by Crippen LogP contribution is -2.40. The van der Waals surface area contributed by atoms with Crippen molar-refractivity contribution in [3.8, 4) is 5.69 Å². The molecular weight excluding hydrogens is 520 g/mol. The van der Waals surface area contributed by atoms with Crippen molar-refractivity contribution in [3.63, 3.8) is 0 Å². The van der Waals surface area contributed by atoms with Crippen LogP contribution in [-0.2, 0) is 9.53 Å². The van der Waals surface area contributed by atoms with Crippen molar-refractivity contribution in [2.45, 2.75) is 46.8 Å². The van der Waals surface area contributed by atoms with E-state index in [2.05, 4.69) is 14.5 Å². The number of nitrogens with zero attached hydrogens (tertiary/aromatic N) is 4. The standard InChI is InChI=1S/C29H27ClN4O3S/c1-16(2)37-28(36)25-18(4)32-29-34(26(25)20-8-10-22(30)11-9-20)27(35)24(38-29)14-21-13-17(3)33(19(21)5)23-7-6-12-31-15-23/h6-16,26H,1-5H3/t26-/m1/s1. The van der Waals surface area contributed by atoms with E-state index in [0.717, 1.165) is 28.2 Å². The Balaban J connectivity index is 1.69. The van der Waals surface area contributed by atoms with Gasteiger partial charge in [0.2, 0.25) is 0 Å². The number of aromatic nitrogens is 3. The van der Waals surface area contributed by atoms with Crippen LogP contribution in [0.3, 0.4) is 0 Å². The number of fused-ring (bicyclic) bond motifs is 1. The van der Waals surface area contributed by atoms with Crippen LogP contribution in [-0.4, -0.2) is 26.2 Å². The third-order valence-electron chi connectivity index (χ3n) is 6.43. The van der Waals surface area contributed by atoms with Crippen LogP contribution in [0.25, 0.3) is 11.8 Å². The maximum Gasteiger partial charge on any atom is 0.338 e. The quantitative estimate of drug-likeness (QED) is 0.342. The second-order valence-corrected chi connectivity index (χ2v) is 10.9. The predicted octanol–water partition coefficient (Wildman–Crippen LogP) is 4.64. The zero-order valence-corrected chi connectivity index (χ0v) is 23.3. The van der Waals surface area contributed by atoms with Crippen molar-refractivity contribution in [1.82, 2.24) is 14.1 Å². The van der Waals surface area contributed by atoms with E-state index in [0.29, 0.717) is 25.6 Å². The lowest BCUT2D eigenvalue weighted by atomic mass is 9.96. The minimum atomic E-state index is -0.681. The molecule has 38 heavy (non-hydrogen) atoms. The number of carbonyl (C=O) groups is 1. The molecule has 0 saturated carbocycles. The molecule has 1 aliphatic rings. The van der Waals surface area contributed by atoms with E-state index in [-0.39, 0.29) is 11.7 Å². The summed E-state index contributed by atoms with van der Waals surface area (Å²) in [7, 11) is 0. The Bertz CT molecular complexity index is 1750. The fraction of sp³-hybridized carbons (Fsp3) is 0.241. The van der Waals surface area contributed by atoms with Crippen LogP contribution >= 0.6 is 22.9 Å². The van der Waals surface area contributed by atoms with Crippen molar-refractivity contribution in [1.29, 1.82) is 0 Å². The Labute approximate surface area is 229 Å². The number of thiazole rings is 1. The van der Waals surface area contributed by atoms with E-state index < -0.39 is 12.0 Å². The number of pyridine rings is 1. The Kier molecular flexibility index (Phi) is 6.94. The molecule has 9 heteroatoms. The van der Waals surface area contributed by atoms with Gasteiger partial charge in [-0.2, -0.15) is 0 Å². The molecule has 0 spiro atoms. The van der Waals surface area contributed by atoms with Gasteiger partial charge in [-0.25, -0.2) is 9.79 Å². The maximum absolute atomic E-state index is 13.9. The number of aryl methyl sites for hydroxylation is 1. The monoisotopic (exact) mass is 546 g/mol. The number of ether oxygens (including phenoxy) is 1. The summed E-state index contributed by atoms with van der Waals surface area (Å²) in [5.74, 6) is -0.490. The zero-order valence-electron chi connectivity index (χ0n) is 21.7. The summed E-state index contributed by atoms with van der Waals surface area (Å²) in [5, 5.41) is 0.567. The van der Waals surface area contributed by atoms with Gasteiger partial charge in [-0.15, -0.1) is 0 Å². The molecule has 1 aliphatic heterocycles. The molecule has 0 unspecified atom stereocenters. The average Bonchev–Trinajstić information content (AvgIpc) is 3.33. The third-order valence-corrected chi connectivity index (χ3v) is 7.67. The Morgan fingerprint density at radius 3 is 2.55 bits per heavy atom. The summed E-state index contributed by atoms with van der Waals surface area (Å²) in [5.41, 5.74) is 5.30. The third kappa shape index (κ3) is 4.66. The number of benzene rings is 1. The van der Waals surface area contributed by atoms with Gasteiger partial charge in [-0.1, -0.05) is 35.1 Å². The van der Waals surface area contributed by atoms with Gasteiger partial charge < -0.3 is 9.30 Å². The smallest absolute Gasteiger partial charge is 0.338 e. The second kappa shape index (κ2) is 10.2. The number of allylic oxidation sites excluding steroid dienone is 1. The van der Waals surface area contributed by atoms with Gasteiger partial charge in [-0.05, 0) is 82.2 Å². The molecule has 5 rings (SSSR count).